The highest BCUT2D eigenvalue weighted by molar-refractivity contribution is 6.74. The molecule has 0 fully saturated rings. The van der Waals surface area contributed by atoms with Crippen LogP contribution in [0.25, 0.3) is 0 Å². The Morgan fingerprint density at radius 3 is 1.65 bits per heavy atom. The molecule has 4 atom stereocenters. The highest BCUT2D eigenvalue weighted by Gasteiger charge is 2.49. The molecule has 218 valence electrons. The van der Waals surface area contributed by atoms with Crippen LogP contribution in [-0.4, -0.2) is 52.5 Å². The lowest BCUT2D eigenvalue weighted by Crippen LogP contribution is -2.54. The third kappa shape index (κ3) is 10.0. The largest absolute Gasteiger partial charge is 0.460 e. The number of hydrogen-bond acceptors (Lipinski definition) is 6. The van der Waals surface area contributed by atoms with Gasteiger partial charge in [0.15, 0.2) is 16.6 Å². The molecule has 0 saturated heterocycles. The van der Waals surface area contributed by atoms with Crippen LogP contribution < -0.4 is 0 Å². The molecule has 0 aromatic carbocycles. The molecule has 0 aromatic heterocycles. The number of ketones is 1. The van der Waals surface area contributed by atoms with Crippen LogP contribution in [0.4, 0.5) is 0 Å². The summed E-state index contributed by atoms with van der Waals surface area (Å²) < 4.78 is 19.2. The van der Waals surface area contributed by atoms with Gasteiger partial charge in [0.1, 0.15) is 17.7 Å². The molecule has 0 aliphatic heterocycles. The van der Waals surface area contributed by atoms with E-state index in [1.807, 2.05) is 48.5 Å². The van der Waals surface area contributed by atoms with Crippen molar-refractivity contribution in [2.75, 3.05) is 0 Å². The van der Waals surface area contributed by atoms with Crippen LogP contribution in [0.2, 0.25) is 36.3 Å². The first kappa shape index (κ1) is 36.2. The van der Waals surface area contributed by atoms with Crippen LogP contribution >= 0.6 is 0 Å². The summed E-state index contributed by atoms with van der Waals surface area (Å²) in [7, 11) is -4.42. The molecule has 0 rings (SSSR count). The zero-order valence-electron chi connectivity index (χ0n) is 26.7. The molecule has 6 nitrogen and oxygen atoms in total. The maximum Gasteiger partial charge on any atom is 0.308 e. The average molecular weight is 559 g/mol. The number of ether oxygens (including phenoxy) is 1. The first-order valence-electron chi connectivity index (χ1n) is 14.1. The monoisotopic (exact) mass is 558 g/mol. The summed E-state index contributed by atoms with van der Waals surface area (Å²) in [6.07, 6.45) is -0.275. The number of hydrogen-bond donors (Lipinski definition) is 0. The summed E-state index contributed by atoms with van der Waals surface area (Å²) in [5.74, 6) is -1.41. The fraction of sp³-hybridized carbons (Fsp3) is 0.897. The van der Waals surface area contributed by atoms with Crippen LogP contribution in [0.15, 0.2) is 0 Å². The van der Waals surface area contributed by atoms with Gasteiger partial charge in [-0.15, -0.1) is 0 Å². The van der Waals surface area contributed by atoms with Crippen molar-refractivity contribution < 1.29 is 28.0 Å². The fourth-order valence-electron chi connectivity index (χ4n) is 4.43. The maximum atomic E-state index is 14.2. The van der Waals surface area contributed by atoms with Crippen molar-refractivity contribution in [2.45, 2.75) is 151 Å². The molecule has 0 spiro atoms. The minimum Gasteiger partial charge on any atom is -0.460 e. The second kappa shape index (κ2) is 13.5. The van der Waals surface area contributed by atoms with E-state index >= 15 is 0 Å². The van der Waals surface area contributed by atoms with E-state index in [1.54, 1.807) is 0 Å². The third-order valence-corrected chi connectivity index (χ3v) is 17.5. The van der Waals surface area contributed by atoms with Gasteiger partial charge in [-0.2, -0.15) is 0 Å². The summed E-state index contributed by atoms with van der Waals surface area (Å²) in [6, 6.07) is 2.72. The van der Waals surface area contributed by atoms with Crippen LogP contribution in [0.1, 0.15) is 96.4 Å². The fourth-order valence-corrected chi connectivity index (χ4v) is 8.87. The molecular formula is C29H58O6Si2. The van der Waals surface area contributed by atoms with Gasteiger partial charge in [0.25, 0.3) is 0 Å². The van der Waals surface area contributed by atoms with E-state index in [4.69, 9.17) is 13.6 Å². The van der Waals surface area contributed by atoms with Gasteiger partial charge in [-0.3, -0.25) is 9.59 Å². The summed E-state index contributed by atoms with van der Waals surface area (Å²) in [4.78, 5) is 39.1. The minimum atomic E-state index is -2.26. The van der Waals surface area contributed by atoms with E-state index in [9.17, 15) is 14.4 Å². The molecule has 0 unspecified atom stereocenters. The van der Waals surface area contributed by atoms with Gasteiger partial charge in [-0.25, -0.2) is 0 Å². The number of carbonyl (C=O) groups is 3. The van der Waals surface area contributed by atoms with E-state index in [2.05, 4.69) is 54.6 Å². The molecule has 0 aliphatic rings. The smallest absolute Gasteiger partial charge is 0.308 e. The topological polar surface area (TPSA) is 78.9 Å². The van der Waals surface area contributed by atoms with Gasteiger partial charge in [-0.05, 0) is 57.0 Å². The van der Waals surface area contributed by atoms with Gasteiger partial charge in [0.05, 0.1) is 18.6 Å². The first-order valence-corrected chi connectivity index (χ1v) is 19.5. The normalized spacial score (nSPS) is 17.1. The Bertz CT molecular complexity index is 751. The molecule has 0 N–H and O–H groups in total. The Hall–Kier alpha value is -0.836. The van der Waals surface area contributed by atoms with Crippen LogP contribution in [0.3, 0.4) is 0 Å². The van der Waals surface area contributed by atoms with Crippen LogP contribution in [0.5, 0.6) is 0 Å². The highest BCUT2D eigenvalue weighted by Crippen LogP contribution is 2.41. The summed E-state index contributed by atoms with van der Waals surface area (Å²) in [5, 5.41) is -0.0664. The van der Waals surface area contributed by atoms with E-state index in [0.717, 1.165) is 24.4 Å². The molecule has 0 radical (unpaired) electrons. The minimum absolute atomic E-state index is 0.00840. The van der Waals surface area contributed by atoms with Crippen LogP contribution in [-0.2, 0) is 28.0 Å². The van der Waals surface area contributed by atoms with Crippen molar-refractivity contribution >= 4 is 34.7 Å². The SMILES string of the molecule is CC[Si](CC)(CC)O[C@@H](CC(=O)OC(C)(C)C)C(C)(C)C(=O)[C@H](C)[C@@H](O[Si](C)(C)C(C)(C)C)[C@@H](C)C=O. The highest BCUT2D eigenvalue weighted by atomic mass is 28.4. The Balaban J connectivity index is 6.44. The number of carbonyl (C=O) groups excluding carboxylic acids is 3. The lowest BCUT2D eigenvalue weighted by molar-refractivity contribution is -0.159. The predicted molar refractivity (Wildman–Crippen MR) is 158 cm³/mol. The number of rotatable bonds is 15. The molecule has 0 bridgehead atoms. The van der Waals surface area contributed by atoms with Crippen molar-refractivity contribution in [3.63, 3.8) is 0 Å². The Labute approximate surface area is 230 Å². The lowest BCUT2D eigenvalue weighted by Gasteiger charge is -2.45. The van der Waals surface area contributed by atoms with E-state index in [0.29, 0.717) is 0 Å². The van der Waals surface area contributed by atoms with Gasteiger partial charge in [0.2, 0.25) is 0 Å². The predicted octanol–water partition coefficient (Wildman–Crippen LogP) is 7.57. The second-order valence-corrected chi connectivity index (χ2v) is 23.3. The zero-order chi connectivity index (χ0) is 29.6. The average Bonchev–Trinajstić information content (AvgIpc) is 2.76. The summed E-state index contributed by atoms with van der Waals surface area (Å²) in [5.41, 5.74) is -1.61. The van der Waals surface area contributed by atoms with E-state index in [-0.39, 0.29) is 23.2 Å². The van der Waals surface area contributed by atoms with Gasteiger partial charge < -0.3 is 18.4 Å². The van der Waals surface area contributed by atoms with Crippen LogP contribution in [0, 0.1) is 17.3 Å². The maximum absolute atomic E-state index is 14.2. The molecule has 0 aliphatic carbocycles. The van der Waals surface area contributed by atoms with Crippen molar-refractivity contribution in [3.05, 3.63) is 0 Å². The lowest BCUT2D eigenvalue weighted by atomic mass is 9.73. The standard InChI is InChI=1S/C29H58O6Si2/c1-16-37(17-2,18-3)34-23(19-24(31)33-27(6,7)8)29(12,13)26(32)22(5)25(21(4)20-30)35-36(14,15)28(9,10)11/h20-23,25H,16-19H2,1-15H3/t21-,22+,23-,25-/m0/s1. The number of Topliss-reactive ketones (excluding diaryl/α,β-unsaturated/α-hetero) is 1. The number of aldehydes is 1. The van der Waals surface area contributed by atoms with Gasteiger partial charge in [0, 0.05) is 17.3 Å². The van der Waals surface area contributed by atoms with Crippen molar-refractivity contribution in [1.82, 2.24) is 0 Å². The summed E-state index contributed by atoms with van der Waals surface area (Å²) in [6.45, 7) is 30.1. The van der Waals surface area contributed by atoms with Crippen molar-refractivity contribution in [3.8, 4) is 0 Å². The summed E-state index contributed by atoms with van der Waals surface area (Å²) >= 11 is 0. The molecular weight excluding hydrogens is 500 g/mol. The third-order valence-electron chi connectivity index (χ3n) is 8.41. The van der Waals surface area contributed by atoms with Crippen molar-refractivity contribution in [2.24, 2.45) is 17.3 Å². The molecule has 8 heteroatoms. The molecule has 0 aromatic rings. The van der Waals surface area contributed by atoms with Gasteiger partial charge >= 0.3 is 5.97 Å². The first-order chi connectivity index (χ1) is 16.5. The molecule has 37 heavy (non-hydrogen) atoms. The quantitative estimate of drug-likeness (QED) is 0.117. The molecule has 0 heterocycles. The molecule has 0 saturated carbocycles. The molecule has 0 amide bonds. The Morgan fingerprint density at radius 1 is 0.838 bits per heavy atom. The van der Waals surface area contributed by atoms with E-state index in [1.165, 1.54) is 0 Å². The second-order valence-electron chi connectivity index (χ2n) is 13.9. The van der Waals surface area contributed by atoms with Gasteiger partial charge in [-0.1, -0.05) is 69.2 Å². The Morgan fingerprint density at radius 2 is 1.30 bits per heavy atom. The van der Waals surface area contributed by atoms with Crippen molar-refractivity contribution in [1.29, 1.82) is 0 Å². The Kier molecular flexibility index (Phi) is 13.2. The zero-order valence-corrected chi connectivity index (χ0v) is 28.7. The van der Waals surface area contributed by atoms with E-state index < -0.39 is 51.7 Å². The number of esters is 1.